The Morgan fingerprint density at radius 2 is 1.12 bits per heavy atom. The molecule has 3 fully saturated rings. The summed E-state index contributed by atoms with van der Waals surface area (Å²) in [6.07, 6.45) is 0.639. The van der Waals surface area contributed by atoms with Gasteiger partial charge in [-0.05, 0) is 103 Å². The molecular formula is C52H65F3N4O8. The van der Waals surface area contributed by atoms with Crippen LogP contribution in [0.4, 0.5) is 24.5 Å². The van der Waals surface area contributed by atoms with Gasteiger partial charge in [0.05, 0.1) is 62.6 Å². The van der Waals surface area contributed by atoms with Crippen molar-refractivity contribution >= 4 is 46.8 Å². The monoisotopic (exact) mass is 930 g/mol. The molecule has 0 radical (unpaired) electrons. The van der Waals surface area contributed by atoms with E-state index in [0.717, 1.165) is 28.8 Å². The average Bonchev–Trinajstić information content (AvgIpc) is 4.13. The summed E-state index contributed by atoms with van der Waals surface area (Å²) in [7, 11) is 2.59. The van der Waals surface area contributed by atoms with Crippen molar-refractivity contribution in [1.29, 1.82) is 0 Å². The summed E-state index contributed by atoms with van der Waals surface area (Å²) in [6.45, 7) is 8.63. The first-order valence-electron chi connectivity index (χ1n) is 23.7. The van der Waals surface area contributed by atoms with Crippen LogP contribution in [0.5, 0.6) is 0 Å². The number of hydrogen-bond acceptors (Lipinski definition) is 9. The molecule has 3 aliphatic rings. The zero-order valence-electron chi connectivity index (χ0n) is 39.5. The van der Waals surface area contributed by atoms with Crippen LogP contribution in [-0.4, -0.2) is 84.6 Å². The summed E-state index contributed by atoms with van der Waals surface area (Å²) >= 11 is 0. The number of nitrogens with one attached hydrogen (secondary N) is 1. The molecule has 0 aliphatic carbocycles. The number of carbonyl (C=O) groups is 6. The van der Waals surface area contributed by atoms with E-state index in [4.69, 9.17) is 9.47 Å². The maximum absolute atomic E-state index is 13.8. The molecule has 15 heteroatoms. The molecule has 3 heterocycles. The molecule has 3 amide bonds. The van der Waals surface area contributed by atoms with Gasteiger partial charge in [-0.3, -0.25) is 28.8 Å². The fourth-order valence-electron chi connectivity index (χ4n) is 10.1. The van der Waals surface area contributed by atoms with Gasteiger partial charge in [0, 0.05) is 30.9 Å². The highest BCUT2D eigenvalue weighted by atomic mass is 19.4. The van der Waals surface area contributed by atoms with E-state index in [2.05, 4.69) is 10.2 Å². The van der Waals surface area contributed by atoms with E-state index >= 15 is 0 Å². The number of ketones is 1. The lowest BCUT2D eigenvalue weighted by Crippen LogP contribution is -2.47. The van der Waals surface area contributed by atoms with Crippen molar-refractivity contribution in [3.8, 4) is 0 Å². The third-order valence-corrected chi connectivity index (χ3v) is 14.5. The van der Waals surface area contributed by atoms with Gasteiger partial charge < -0.3 is 29.5 Å². The number of alkyl halides is 3. The Balaban J connectivity index is 1.17. The summed E-state index contributed by atoms with van der Waals surface area (Å²) in [4.78, 5) is 84.8. The molecular weight excluding hydrogens is 866 g/mol. The quantitative estimate of drug-likeness (QED) is 0.124. The first-order valence-corrected chi connectivity index (χ1v) is 23.7. The fraction of sp³-hybridized carbons (Fsp3) is 0.538. The molecule has 1 unspecified atom stereocenters. The predicted octanol–water partition coefficient (Wildman–Crippen LogP) is 9.27. The molecule has 0 bridgehead atoms. The highest BCUT2D eigenvalue weighted by Gasteiger charge is 2.42. The van der Waals surface area contributed by atoms with Crippen LogP contribution in [0.1, 0.15) is 126 Å². The lowest BCUT2D eigenvalue weighted by atomic mass is 9.87. The molecule has 3 aromatic rings. The van der Waals surface area contributed by atoms with Gasteiger partial charge in [-0.1, -0.05) is 76.9 Å². The number of methoxy groups -OCH3 is 2. The predicted molar refractivity (Wildman–Crippen MR) is 247 cm³/mol. The maximum atomic E-state index is 13.8. The standard InChI is InChI=1S/C52H65F3N4O8/c1-7-32(3)40(30-47(61)66-5)50(64)57-27-9-11-44(57)46(60)29-34-13-15-35(16-14-34)42-25-26-43(59(42)39-23-19-37(20-24-39)52(53,54)55)36-17-21-38(22-18-36)56-49(63)45-12-10-28-58(45)51(65)41(33(4)8-2)31-48(62)67-6/h13-24,32-33,40-45H,7-12,25-31H2,1-6H3,(H,56,63)/t32-,33-,40-,41-,42+,43+,44-,45?/m0/s1. The van der Waals surface area contributed by atoms with Crippen LogP contribution in [-0.2, 0) is 50.8 Å². The number of halogens is 3. The van der Waals surface area contributed by atoms with E-state index in [0.29, 0.717) is 75.8 Å². The van der Waals surface area contributed by atoms with E-state index in [1.165, 1.54) is 26.4 Å². The number of amides is 3. The lowest BCUT2D eigenvalue weighted by Gasteiger charge is -2.34. The molecule has 0 spiro atoms. The lowest BCUT2D eigenvalue weighted by molar-refractivity contribution is -0.149. The van der Waals surface area contributed by atoms with Crippen molar-refractivity contribution in [1.82, 2.24) is 9.80 Å². The number of hydrogen-bond donors (Lipinski definition) is 1. The highest BCUT2D eigenvalue weighted by molar-refractivity contribution is 5.98. The van der Waals surface area contributed by atoms with Crippen LogP contribution < -0.4 is 10.2 Å². The Labute approximate surface area is 391 Å². The van der Waals surface area contributed by atoms with Crippen LogP contribution in [0.25, 0.3) is 0 Å². The third-order valence-electron chi connectivity index (χ3n) is 14.5. The Hall–Kier alpha value is -5.73. The molecule has 3 saturated heterocycles. The Kier molecular flexibility index (Phi) is 16.9. The van der Waals surface area contributed by atoms with Crippen LogP contribution in [0, 0.1) is 23.7 Å². The van der Waals surface area contributed by atoms with Crippen LogP contribution in [0.3, 0.4) is 0 Å². The minimum absolute atomic E-state index is 0.0382. The molecule has 8 atom stereocenters. The van der Waals surface area contributed by atoms with Crippen LogP contribution >= 0.6 is 0 Å². The number of anilines is 2. The number of ether oxygens (including phenoxy) is 2. The number of esters is 2. The summed E-state index contributed by atoms with van der Waals surface area (Å²) < 4.78 is 50.8. The highest BCUT2D eigenvalue weighted by Crippen LogP contribution is 2.48. The van der Waals surface area contributed by atoms with Gasteiger partial charge in [-0.15, -0.1) is 0 Å². The van der Waals surface area contributed by atoms with Crippen molar-refractivity contribution in [2.24, 2.45) is 23.7 Å². The first-order chi connectivity index (χ1) is 32.0. The van der Waals surface area contributed by atoms with E-state index in [1.807, 2.05) is 64.1 Å². The van der Waals surface area contributed by atoms with Gasteiger partial charge in [0.25, 0.3) is 0 Å². The second-order valence-corrected chi connectivity index (χ2v) is 18.5. The van der Waals surface area contributed by atoms with E-state index in [1.54, 1.807) is 21.9 Å². The van der Waals surface area contributed by atoms with Gasteiger partial charge >= 0.3 is 18.1 Å². The van der Waals surface area contributed by atoms with Gasteiger partial charge in [-0.2, -0.15) is 13.2 Å². The maximum Gasteiger partial charge on any atom is 0.416 e. The largest absolute Gasteiger partial charge is 0.469 e. The number of rotatable bonds is 18. The fourth-order valence-corrected chi connectivity index (χ4v) is 10.1. The number of benzene rings is 3. The smallest absolute Gasteiger partial charge is 0.416 e. The number of likely N-dealkylation sites (tertiary alicyclic amines) is 2. The van der Waals surface area contributed by atoms with Gasteiger partial charge in [-0.25, -0.2) is 0 Å². The summed E-state index contributed by atoms with van der Waals surface area (Å²) in [5.74, 6) is -3.09. The number of Topliss-reactive ketones (excluding diaryl/α,β-unsaturated/α-hetero) is 1. The normalized spacial score (nSPS) is 21.4. The van der Waals surface area contributed by atoms with Crippen molar-refractivity contribution in [2.75, 3.05) is 37.5 Å². The number of carbonyl (C=O) groups excluding carboxylic acids is 6. The van der Waals surface area contributed by atoms with Crippen molar-refractivity contribution in [3.63, 3.8) is 0 Å². The molecule has 3 aliphatic heterocycles. The zero-order valence-corrected chi connectivity index (χ0v) is 39.5. The Morgan fingerprint density at radius 3 is 1.58 bits per heavy atom. The molecule has 0 aromatic heterocycles. The molecule has 3 aromatic carbocycles. The SMILES string of the molecule is CC[C@H](C)[C@H](CC(=O)OC)C(=O)N1CCCC1C(=O)Nc1ccc([C@H]2CC[C@H](c3ccc(CC(=O)[C@@H]4CCCN4C(=O)[C@@H](CC(=O)OC)[C@@H](C)CC)cc3)N2c2ccc(C(F)(F)F)cc2)cc1. The molecule has 12 nitrogen and oxygen atoms in total. The van der Waals surface area contributed by atoms with E-state index in [-0.39, 0.29) is 66.7 Å². The molecule has 67 heavy (non-hydrogen) atoms. The van der Waals surface area contributed by atoms with Crippen molar-refractivity contribution in [3.05, 3.63) is 95.1 Å². The topological polar surface area (TPSA) is 143 Å². The Bertz CT molecular complexity index is 2090. The first kappa shape index (κ1) is 50.7. The molecule has 0 saturated carbocycles. The van der Waals surface area contributed by atoms with Gasteiger partial charge in [0.2, 0.25) is 17.7 Å². The minimum atomic E-state index is -4.50. The average molecular weight is 931 g/mol. The minimum Gasteiger partial charge on any atom is -0.469 e. The van der Waals surface area contributed by atoms with Crippen LogP contribution in [0.2, 0.25) is 0 Å². The number of nitrogens with zero attached hydrogens (tertiary/aromatic N) is 3. The third kappa shape index (κ3) is 11.9. The summed E-state index contributed by atoms with van der Waals surface area (Å²) in [6, 6.07) is 18.5. The second kappa shape index (κ2) is 22.4. The van der Waals surface area contributed by atoms with Crippen molar-refractivity contribution < 1.29 is 51.4 Å². The summed E-state index contributed by atoms with van der Waals surface area (Å²) in [5.41, 5.74) is 2.99. The summed E-state index contributed by atoms with van der Waals surface area (Å²) in [5, 5.41) is 2.98. The van der Waals surface area contributed by atoms with Crippen LogP contribution in [0.15, 0.2) is 72.8 Å². The van der Waals surface area contributed by atoms with E-state index < -0.39 is 47.6 Å². The van der Waals surface area contributed by atoms with Gasteiger partial charge in [0.15, 0.2) is 5.78 Å². The zero-order chi connectivity index (χ0) is 48.6. The molecule has 362 valence electrons. The Morgan fingerprint density at radius 1 is 0.657 bits per heavy atom. The van der Waals surface area contributed by atoms with E-state index in [9.17, 15) is 41.9 Å². The van der Waals surface area contributed by atoms with Gasteiger partial charge in [0.1, 0.15) is 6.04 Å². The molecule has 1 N–H and O–H groups in total. The second-order valence-electron chi connectivity index (χ2n) is 18.5. The van der Waals surface area contributed by atoms with Crippen molar-refractivity contribution in [2.45, 2.75) is 129 Å². The molecule has 6 rings (SSSR count).